The van der Waals surface area contributed by atoms with Gasteiger partial charge in [0, 0.05) is 0 Å². The van der Waals surface area contributed by atoms with Gasteiger partial charge in [-0.05, 0) is 31.2 Å². The SMILES string of the molecule is Cc1nc2ccccc2nc1CNC(=O)c1ccccc1Cl. The highest BCUT2D eigenvalue weighted by Gasteiger charge is 2.11. The van der Waals surface area contributed by atoms with Crippen molar-refractivity contribution in [1.82, 2.24) is 15.3 Å². The van der Waals surface area contributed by atoms with Crippen LogP contribution in [0.25, 0.3) is 11.0 Å². The lowest BCUT2D eigenvalue weighted by Crippen LogP contribution is -2.24. The molecule has 0 fully saturated rings. The molecule has 0 unspecified atom stereocenters. The molecular weight excluding hydrogens is 298 g/mol. The molecule has 0 saturated carbocycles. The summed E-state index contributed by atoms with van der Waals surface area (Å²) < 4.78 is 0. The second kappa shape index (κ2) is 6.12. The van der Waals surface area contributed by atoms with Crippen molar-refractivity contribution < 1.29 is 4.79 Å². The van der Waals surface area contributed by atoms with E-state index in [0.717, 1.165) is 22.4 Å². The fourth-order valence-electron chi connectivity index (χ4n) is 2.20. The standard InChI is InChI=1S/C17H14ClN3O/c1-11-16(21-15-9-5-4-8-14(15)20-11)10-19-17(22)12-6-2-3-7-13(12)18/h2-9H,10H2,1H3,(H,19,22). The highest BCUT2D eigenvalue weighted by Crippen LogP contribution is 2.15. The molecule has 1 amide bonds. The molecule has 3 aromatic rings. The third-order valence-corrected chi connectivity index (χ3v) is 3.71. The molecule has 0 aliphatic heterocycles. The smallest absolute Gasteiger partial charge is 0.253 e. The number of benzene rings is 2. The van der Waals surface area contributed by atoms with Crippen LogP contribution < -0.4 is 5.32 Å². The van der Waals surface area contributed by atoms with Gasteiger partial charge >= 0.3 is 0 Å². The van der Waals surface area contributed by atoms with Gasteiger partial charge in [0.25, 0.3) is 5.91 Å². The quantitative estimate of drug-likeness (QED) is 0.805. The van der Waals surface area contributed by atoms with Gasteiger partial charge in [0.2, 0.25) is 0 Å². The number of hydrogen-bond donors (Lipinski definition) is 1. The molecule has 0 aliphatic rings. The maximum absolute atomic E-state index is 12.2. The Morgan fingerprint density at radius 3 is 2.41 bits per heavy atom. The van der Waals surface area contributed by atoms with E-state index in [1.54, 1.807) is 24.3 Å². The summed E-state index contributed by atoms with van der Waals surface area (Å²) in [6.07, 6.45) is 0. The zero-order valence-electron chi connectivity index (χ0n) is 12.0. The number of hydrogen-bond acceptors (Lipinski definition) is 3. The number of fused-ring (bicyclic) bond motifs is 1. The first kappa shape index (κ1) is 14.5. The third-order valence-electron chi connectivity index (χ3n) is 3.38. The highest BCUT2D eigenvalue weighted by atomic mass is 35.5. The summed E-state index contributed by atoms with van der Waals surface area (Å²) in [4.78, 5) is 21.2. The van der Waals surface area contributed by atoms with Crippen molar-refractivity contribution in [3.8, 4) is 0 Å². The summed E-state index contributed by atoms with van der Waals surface area (Å²) >= 11 is 6.02. The number of para-hydroxylation sites is 2. The molecule has 1 aromatic heterocycles. The Balaban J connectivity index is 1.80. The van der Waals surface area contributed by atoms with E-state index in [9.17, 15) is 4.79 Å². The average molecular weight is 312 g/mol. The van der Waals surface area contributed by atoms with Crippen LogP contribution in [0.4, 0.5) is 0 Å². The minimum Gasteiger partial charge on any atom is -0.346 e. The molecule has 0 spiro atoms. The molecule has 0 bridgehead atoms. The van der Waals surface area contributed by atoms with Gasteiger partial charge in [0.15, 0.2) is 0 Å². The van der Waals surface area contributed by atoms with Gasteiger partial charge in [-0.15, -0.1) is 0 Å². The Kier molecular flexibility index (Phi) is 4.02. The van der Waals surface area contributed by atoms with Gasteiger partial charge in [-0.3, -0.25) is 4.79 Å². The van der Waals surface area contributed by atoms with E-state index in [1.807, 2.05) is 31.2 Å². The lowest BCUT2D eigenvalue weighted by molar-refractivity contribution is 0.0950. The summed E-state index contributed by atoms with van der Waals surface area (Å²) in [6.45, 7) is 2.20. The van der Waals surface area contributed by atoms with Gasteiger partial charge in [-0.25, -0.2) is 9.97 Å². The van der Waals surface area contributed by atoms with Crippen LogP contribution in [0.5, 0.6) is 0 Å². The van der Waals surface area contributed by atoms with Crippen LogP contribution in [-0.2, 0) is 6.54 Å². The lowest BCUT2D eigenvalue weighted by atomic mass is 10.2. The molecule has 0 radical (unpaired) electrons. The first-order chi connectivity index (χ1) is 10.6. The molecule has 22 heavy (non-hydrogen) atoms. The highest BCUT2D eigenvalue weighted by molar-refractivity contribution is 6.33. The van der Waals surface area contributed by atoms with Crippen molar-refractivity contribution in [2.45, 2.75) is 13.5 Å². The van der Waals surface area contributed by atoms with Gasteiger partial charge < -0.3 is 5.32 Å². The van der Waals surface area contributed by atoms with E-state index >= 15 is 0 Å². The Morgan fingerprint density at radius 2 is 1.68 bits per heavy atom. The molecule has 1 heterocycles. The van der Waals surface area contributed by atoms with Crippen molar-refractivity contribution in [1.29, 1.82) is 0 Å². The number of aromatic nitrogens is 2. The first-order valence-corrected chi connectivity index (χ1v) is 7.28. The molecule has 2 aromatic carbocycles. The van der Waals surface area contributed by atoms with Crippen LogP contribution in [0.1, 0.15) is 21.7 Å². The second-order valence-corrected chi connectivity index (χ2v) is 5.31. The summed E-state index contributed by atoms with van der Waals surface area (Å²) in [6, 6.07) is 14.6. The predicted octanol–water partition coefficient (Wildman–Crippen LogP) is 3.52. The van der Waals surface area contributed by atoms with Gasteiger partial charge in [0.1, 0.15) is 0 Å². The molecular formula is C17H14ClN3O. The van der Waals surface area contributed by atoms with Gasteiger partial charge in [-0.2, -0.15) is 0 Å². The molecule has 110 valence electrons. The molecule has 5 heteroatoms. The Labute approximate surface area is 133 Å². The van der Waals surface area contributed by atoms with Crippen molar-refractivity contribution in [2.75, 3.05) is 0 Å². The van der Waals surface area contributed by atoms with Crippen LogP contribution in [0.3, 0.4) is 0 Å². The van der Waals surface area contributed by atoms with Crippen LogP contribution in [0, 0.1) is 6.92 Å². The minimum atomic E-state index is -0.222. The maximum Gasteiger partial charge on any atom is 0.253 e. The Bertz CT molecular complexity index is 848. The molecule has 0 atom stereocenters. The third kappa shape index (κ3) is 2.92. The lowest BCUT2D eigenvalue weighted by Gasteiger charge is -2.09. The number of halogens is 1. The minimum absolute atomic E-state index is 0.222. The van der Waals surface area contributed by atoms with Crippen molar-refractivity contribution in [3.63, 3.8) is 0 Å². The number of carbonyl (C=O) groups is 1. The van der Waals surface area contributed by atoms with Crippen molar-refractivity contribution >= 4 is 28.5 Å². The Morgan fingerprint density at radius 1 is 1.05 bits per heavy atom. The summed E-state index contributed by atoms with van der Waals surface area (Å²) in [5.41, 5.74) is 3.67. The van der Waals surface area contributed by atoms with E-state index < -0.39 is 0 Å². The number of rotatable bonds is 3. The topological polar surface area (TPSA) is 54.9 Å². The maximum atomic E-state index is 12.2. The molecule has 3 rings (SSSR count). The second-order valence-electron chi connectivity index (χ2n) is 4.91. The number of amides is 1. The molecule has 1 N–H and O–H groups in total. The van der Waals surface area contributed by atoms with Gasteiger partial charge in [-0.1, -0.05) is 35.9 Å². The largest absolute Gasteiger partial charge is 0.346 e. The van der Waals surface area contributed by atoms with Crippen molar-refractivity contribution in [2.24, 2.45) is 0 Å². The van der Waals surface area contributed by atoms with Crippen LogP contribution >= 0.6 is 11.6 Å². The zero-order chi connectivity index (χ0) is 15.5. The van der Waals surface area contributed by atoms with Gasteiger partial charge in [0.05, 0.1) is 39.6 Å². The monoisotopic (exact) mass is 311 g/mol. The van der Waals surface area contributed by atoms with E-state index in [0.29, 0.717) is 17.1 Å². The number of nitrogens with zero attached hydrogens (tertiary/aromatic N) is 2. The van der Waals surface area contributed by atoms with Crippen LogP contribution in [0.15, 0.2) is 48.5 Å². The van der Waals surface area contributed by atoms with Crippen LogP contribution in [0.2, 0.25) is 5.02 Å². The van der Waals surface area contributed by atoms with E-state index in [-0.39, 0.29) is 5.91 Å². The van der Waals surface area contributed by atoms with E-state index in [1.165, 1.54) is 0 Å². The fraction of sp³-hybridized carbons (Fsp3) is 0.118. The normalized spacial score (nSPS) is 10.6. The van der Waals surface area contributed by atoms with E-state index in [4.69, 9.17) is 11.6 Å². The fourth-order valence-corrected chi connectivity index (χ4v) is 2.42. The number of aryl methyl sites for hydroxylation is 1. The summed E-state index contributed by atoms with van der Waals surface area (Å²) in [7, 11) is 0. The summed E-state index contributed by atoms with van der Waals surface area (Å²) in [5, 5.41) is 3.27. The summed E-state index contributed by atoms with van der Waals surface area (Å²) in [5.74, 6) is -0.222. The van der Waals surface area contributed by atoms with Crippen LogP contribution in [-0.4, -0.2) is 15.9 Å². The average Bonchev–Trinajstić information content (AvgIpc) is 2.53. The number of nitrogens with one attached hydrogen (secondary N) is 1. The molecule has 0 aliphatic carbocycles. The zero-order valence-corrected chi connectivity index (χ0v) is 12.8. The Hall–Kier alpha value is -2.46. The molecule has 4 nitrogen and oxygen atoms in total. The number of carbonyl (C=O) groups excluding carboxylic acids is 1. The first-order valence-electron chi connectivity index (χ1n) is 6.90. The molecule has 0 saturated heterocycles. The predicted molar refractivity (Wildman–Crippen MR) is 86.9 cm³/mol. The van der Waals surface area contributed by atoms with Crippen molar-refractivity contribution in [3.05, 3.63) is 70.5 Å². The van der Waals surface area contributed by atoms with E-state index in [2.05, 4.69) is 15.3 Å².